The van der Waals surface area contributed by atoms with Crippen molar-refractivity contribution in [3.63, 3.8) is 0 Å². The van der Waals surface area contributed by atoms with Gasteiger partial charge in [-0.2, -0.15) is 0 Å². The van der Waals surface area contributed by atoms with Gasteiger partial charge in [-0.05, 0) is 50.8 Å². The molecule has 2 unspecified atom stereocenters. The first-order chi connectivity index (χ1) is 9.60. The molecule has 1 aliphatic rings. The van der Waals surface area contributed by atoms with Crippen LogP contribution in [0.1, 0.15) is 32.3 Å². The molecule has 0 radical (unpaired) electrons. The third-order valence-electron chi connectivity index (χ3n) is 3.71. The van der Waals surface area contributed by atoms with E-state index in [-0.39, 0.29) is 6.04 Å². The van der Waals surface area contributed by atoms with Gasteiger partial charge in [0, 0.05) is 35.9 Å². The summed E-state index contributed by atoms with van der Waals surface area (Å²) in [6.45, 7) is 7.01. The number of benzene rings is 1. The zero-order valence-electron chi connectivity index (χ0n) is 12.4. The molecule has 0 spiro atoms. The Hall–Kier alpha value is -0.580. The van der Waals surface area contributed by atoms with Crippen molar-refractivity contribution in [3.8, 4) is 0 Å². The lowest BCUT2D eigenvalue weighted by Gasteiger charge is -2.35. The lowest BCUT2D eigenvalue weighted by Crippen LogP contribution is -2.40. The van der Waals surface area contributed by atoms with Crippen LogP contribution in [0.25, 0.3) is 0 Å². The lowest BCUT2D eigenvalue weighted by molar-refractivity contribution is 0.0526. The second-order valence-electron chi connectivity index (χ2n) is 5.62. The van der Waals surface area contributed by atoms with Gasteiger partial charge in [-0.1, -0.05) is 22.0 Å². The summed E-state index contributed by atoms with van der Waals surface area (Å²) in [5.41, 5.74) is 8.62. The quantitative estimate of drug-likeness (QED) is 0.893. The van der Waals surface area contributed by atoms with E-state index in [0.29, 0.717) is 6.10 Å². The molecule has 1 aliphatic heterocycles. The van der Waals surface area contributed by atoms with E-state index in [4.69, 9.17) is 10.5 Å². The van der Waals surface area contributed by atoms with E-state index in [9.17, 15) is 0 Å². The summed E-state index contributed by atoms with van der Waals surface area (Å²) in [5, 5.41) is 0. The predicted molar refractivity (Wildman–Crippen MR) is 88.4 cm³/mol. The van der Waals surface area contributed by atoms with Crippen molar-refractivity contribution in [1.82, 2.24) is 0 Å². The van der Waals surface area contributed by atoms with Crippen LogP contribution in [0.15, 0.2) is 22.7 Å². The molecule has 1 aromatic carbocycles. The SMILES string of the molecule is CCOC1CCCN(c2cc(Br)ccc2CC(C)N)C1. The van der Waals surface area contributed by atoms with Crippen molar-refractivity contribution >= 4 is 21.6 Å². The topological polar surface area (TPSA) is 38.5 Å². The first-order valence-corrected chi connectivity index (χ1v) is 8.30. The zero-order chi connectivity index (χ0) is 14.5. The number of hydrogen-bond donors (Lipinski definition) is 1. The standard InChI is InChI=1S/C16H25BrN2O/c1-3-20-15-5-4-8-19(11-15)16-10-14(17)7-6-13(16)9-12(2)18/h6-7,10,12,15H,3-5,8-9,11,18H2,1-2H3. The molecule has 1 heterocycles. The molecule has 2 atom stereocenters. The molecule has 0 amide bonds. The molecule has 112 valence electrons. The Bertz CT molecular complexity index is 434. The van der Waals surface area contributed by atoms with E-state index in [1.807, 2.05) is 0 Å². The van der Waals surface area contributed by atoms with Crippen LogP contribution in [0.4, 0.5) is 5.69 Å². The maximum absolute atomic E-state index is 5.98. The van der Waals surface area contributed by atoms with Crippen molar-refractivity contribution < 1.29 is 4.74 Å². The van der Waals surface area contributed by atoms with Crippen LogP contribution in [0.5, 0.6) is 0 Å². The van der Waals surface area contributed by atoms with Crippen LogP contribution in [0, 0.1) is 0 Å². The van der Waals surface area contributed by atoms with Crippen molar-refractivity contribution in [3.05, 3.63) is 28.2 Å². The number of rotatable bonds is 5. The first-order valence-electron chi connectivity index (χ1n) is 7.50. The molecule has 4 heteroatoms. The summed E-state index contributed by atoms with van der Waals surface area (Å²) in [5.74, 6) is 0. The van der Waals surface area contributed by atoms with Gasteiger partial charge in [0.15, 0.2) is 0 Å². The Labute approximate surface area is 130 Å². The number of ether oxygens (including phenoxy) is 1. The lowest BCUT2D eigenvalue weighted by atomic mass is 10.0. The summed E-state index contributed by atoms with van der Waals surface area (Å²) in [7, 11) is 0. The molecule has 0 bridgehead atoms. The average Bonchev–Trinajstić information content (AvgIpc) is 2.41. The molecule has 2 rings (SSSR count). The monoisotopic (exact) mass is 340 g/mol. The minimum atomic E-state index is 0.183. The van der Waals surface area contributed by atoms with E-state index in [0.717, 1.165) is 30.6 Å². The van der Waals surface area contributed by atoms with Crippen LogP contribution in [0.2, 0.25) is 0 Å². The minimum Gasteiger partial charge on any atom is -0.377 e. The number of nitrogens with two attached hydrogens (primary N) is 1. The molecular weight excluding hydrogens is 316 g/mol. The van der Waals surface area contributed by atoms with Gasteiger partial charge in [-0.15, -0.1) is 0 Å². The highest BCUT2D eigenvalue weighted by molar-refractivity contribution is 9.10. The second kappa shape index (κ2) is 7.43. The van der Waals surface area contributed by atoms with Gasteiger partial charge in [0.05, 0.1) is 6.10 Å². The van der Waals surface area contributed by atoms with Crippen molar-refractivity contribution in [1.29, 1.82) is 0 Å². The molecule has 1 fully saturated rings. The molecule has 1 aromatic rings. The predicted octanol–water partition coefficient (Wildman–Crippen LogP) is 3.34. The number of nitrogens with zero attached hydrogens (tertiary/aromatic N) is 1. The zero-order valence-corrected chi connectivity index (χ0v) is 14.0. The number of anilines is 1. The summed E-state index contributed by atoms with van der Waals surface area (Å²) < 4.78 is 6.93. The largest absolute Gasteiger partial charge is 0.377 e. The van der Waals surface area contributed by atoms with Crippen molar-refractivity contribution in [2.75, 3.05) is 24.6 Å². The van der Waals surface area contributed by atoms with Crippen molar-refractivity contribution in [2.24, 2.45) is 5.73 Å². The van der Waals surface area contributed by atoms with Gasteiger partial charge in [0.1, 0.15) is 0 Å². The maximum Gasteiger partial charge on any atom is 0.0750 e. The maximum atomic E-state index is 5.98. The third-order valence-corrected chi connectivity index (χ3v) is 4.20. The van der Waals surface area contributed by atoms with Crippen LogP contribution in [-0.4, -0.2) is 31.8 Å². The first kappa shape index (κ1) is 15.8. The van der Waals surface area contributed by atoms with Gasteiger partial charge < -0.3 is 15.4 Å². The summed E-state index contributed by atoms with van der Waals surface area (Å²) in [6, 6.07) is 6.69. The fourth-order valence-electron chi connectivity index (χ4n) is 2.88. The van der Waals surface area contributed by atoms with Crippen LogP contribution >= 0.6 is 15.9 Å². The Morgan fingerprint density at radius 3 is 3.00 bits per heavy atom. The van der Waals surface area contributed by atoms with E-state index in [1.165, 1.54) is 24.1 Å². The van der Waals surface area contributed by atoms with Crippen molar-refractivity contribution in [2.45, 2.75) is 45.3 Å². The normalized spacial score (nSPS) is 21.0. The minimum absolute atomic E-state index is 0.183. The van der Waals surface area contributed by atoms with E-state index in [2.05, 4.69) is 52.9 Å². The van der Waals surface area contributed by atoms with Gasteiger partial charge in [-0.25, -0.2) is 0 Å². The molecule has 0 aromatic heterocycles. The van der Waals surface area contributed by atoms with Gasteiger partial charge >= 0.3 is 0 Å². The Balaban J connectivity index is 2.19. The summed E-state index contributed by atoms with van der Waals surface area (Å²) in [6.07, 6.45) is 3.63. The number of halogens is 1. The molecule has 3 nitrogen and oxygen atoms in total. The van der Waals surface area contributed by atoms with E-state index in [1.54, 1.807) is 0 Å². The summed E-state index contributed by atoms with van der Waals surface area (Å²) >= 11 is 3.59. The van der Waals surface area contributed by atoms with E-state index < -0.39 is 0 Å². The highest BCUT2D eigenvalue weighted by atomic mass is 79.9. The van der Waals surface area contributed by atoms with Gasteiger partial charge in [0.2, 0.25) is 0 Å². The fraction of sp³-hybridized carbons (Fsp3) is 0.625. The highest BCUT2D eigenvalue weighted by Crippen LogP contribution is 2.29. The van der Waals surface area contributed by atoms with Crippen LogP contribution < -0.4 is 10.6 Å². The molecule has 0 saturated carbocycles. The fourth-order valence-corrected chi connectivity index (χ4v) is 3.23. The van der Waals surface area contributed by atoms with Gasteiger partial charge in [-0.3, -0.25) is 0 Å². The van der Waals surface area contributed by atoms with Crippen LogP contribution in [-0.2, 0) is 11.2 Å². The highest BCUT2D eigenvalue weighted by Gasteiger charge is 2.22. The Kier molecular flexibility index (Phi) is 5.87. The van der Waals surface area contributed by atoms with E-state index >= 15 is 0 Å². The molecule has 1 saturated heterocycles. The second-order valence-corrected chi connectivity index (χ2v) is 6.54. The number of hydrogen-bond acceptors (Lipinski definition) is 3. The molecular formula is C16H25BrN2O. The number of piperidine rings is 1. The van der Waals surface area contributed by atoms with Crippen LogP contribution in [0.3, 0.4) is 0 Å². The average molecular weight is 341 g/mol. The Morgan fingerprint density at radius 2 is 2.30 bits per heavy atom. The summed E-state index contributed by atoms with van der Waals surface area (Å²) in [4.78, 5) is 2.45. The van der Waals surface area contributed by atoms with Gasteiger partial charge in [0.25, 0.3) is 0 Å². The smallest absolute Gasteiger partial charge is 0.0750 e. The molecule has 2 N–H and O–H groups in total. The molecule has 0 aliphatic carbocycles. The molecule has 20 heavy (non-hydrogen) atoms. The Morgan fingerprint density at radius 1 is 1.50 bits per heavy atom. The third kappa shape index (κ3) is 4.21.